The lowest BCUT2D eigenvalue weighted by atomic mass is 9.89. The number of pyridine rings is 2. The fraction of sp³-hybridized carbons (Fsp3) is 0.355. The largest absolute Gasteiger partial charge is 0.386 e. The van der Waals surface area contributed by atoms with Crippen molar-refractivity contribution in [1.29, 1.82) is 0 Å². The first-order valence-electron chi connectivity index (χ1n) is 14.7. The van der Waals surface area contributed by atoms with Gasteiger partial charge in [-0.3, -0.25) is 4.98 Å². The molecule has 1 saturated carbocycles. The second-order valence-corrected chi connectivity index (χ2v) is 11.6. The minimum absolute atomic E-state index is 0.0108. The van der Waals surface area contributed by atoms with Crippen LogP contribution < -0.4 is 15.5 Å². The number of piperidine rings is 1. The molecule has 42 heavy (non-hydrogen) atoms. The Hall–Kier alpha value is -4.48. The molecule has 0 bridgehead atoms. The summed E-state index contributed by atoms with van der Waals surface area (Å²) in [7, 11) is 0. The molecule has 0 amide bonds. The summed E-state index contributed by atoms with van der Waals surface area (Å²) in [6.07, 6.45) is 11.2. The van der Waals surface area contributed by atoms with Crippen LogP contribution in [0.2, 0.25) is 0 Å². The summed E-state index contributed by atoms with van der Waals surface area (Å²) < 4.78 is 1.79. The summed E-state index contributed by atoms with van der Waals surface area (Å²) in [5, 5.41) is 23.7. The highest BCUT2D eigenvalue weighted by atomic mass is 16.3. The lowest BCUT2D eigenvalue weighted by Gasteiger charge is -2.39. The number of nitrogens with zero attached hydrogens (tertiary/aromatic N) is 8. The highest BCUT2D eigenvalue weighted by molar-refractivity contribution is 5.94. The number of hydrogen-bond donors (Lipinski definition) is 3. The maximum Gasteiger partial charge on any atom is 0.247 e. The van der Waals surface area contributed by atoms with Crippen LogP contribution in [0.1, 0.15) is 42.7 Å². The van der Waals surface area contributed by atoms with E-state index in [9.17, 15) is 5.11 Å². The van der Waals surface area contributed by atoms with E-state index in [0.29, 0.717) is 43.0 Å². The second kappa shape index (κ2) is 10.1. The highest BCUT2D eigenvalue weighted by Crippen LogP contribution is 2.46. The van der Waals surface area contributed by atoms with Crippen molar-refractivity contribution >= 4 is 28.5 Å². The molecular formula is C31H32N10O. The number of nitrogens with one attached hydrogen (secondary N) is 2. The Morgan fingerprint density at radius 2 is 1.95 bits per heavy atom. The molecule has 2 unspecified atom stereocenters. The van der Waals surface area contributed by atoms with E-state index >= 15 is 0 Å². The maximum atomic E-state index is 11.5. The predicted octanol–water partition coefficient (Wildman–Crippen LogP) is 3.65. The van der Waals surface area contributed by atoms with Gasteiger partial charge >= 0.3 is 0 Å². The lowest BCUT2D eigenvalue weighted by Crippen LogP contribution is -2.56. The number of β-amino-alcohol motifs (C(OH)–C–C–N with tert-alkyl or cyclic N) is 1. The van der Waals surface area contributed by atoms with Crippen LogP contribution in [0.4, 0.5) is 17.6 Å². The van der Waals surface area contributed by atoms with E-state index in [1.807, 2.05) is 42.7 Å². The van der Waals surface area contributed by atoms with Gasteiger partial charge in [-0.25, -0.2) is 24.6 Å². The van der Waals surface area contributed by atoms with Crippen molar-refractivity contribution in [2.45, 2.75) is 49.8 Å². The van der Waals surface area contributed by atoms with E-state index in [1.165, 1.54) is 5.56 Å². The fourth-order valence-corrected chi connectivity index (χ4v) is 6.44. The van der Waals surface area contributed by atoms with E-state index < -0.39 is 5.60 Å². The average molecular weight is 561 g/mol. The van der Waals surface area contributed by atoms with Crippen molar-refractivity contribution < 1.29 is 5.11 Å². The molecular weight excluding hydrogens is 528 g/mol. The molecule has 11 heteroatoms. The summed E-state index contributed by atoms with van der Waals surface area (Å²) >= 11 is 0. The first-order valence-corrected chi connectivity index (χ1v) is 14.7. The Morgan fingerprint density at radius 3 is 2.83 bits per heavy atom. The molecule has 2 atom stereocenters. The zero-order chi connectivity index (χ0) is 28.1. The molecule has 0 spiro atoms. The molecule has 1 aliphatic carbocycles. The first kappa shape index (κ1) is 25.2. The van der Waals surface area contributed by atoms with Crippen molar-refractivity contribution in [2.24, 2.45) is 0 Å². The Labute approximate surface area is 243 Å². The van der Waals surface area contributed by atoms with E-state index in [0.717, 1.165) is 60.2 Å². The van der Waals surface area contributed by atoms with Gasteiger partial charge in [0.1, 0.15) is 18.0 Å². The molecule has 3 N–H and O–H groups in total. The van der Waals surface area contributed by atoms with Crippen molar-refractivity contribution in [2.75, 3.05) is 29.9 Å². The fourth-order valence-electron chi connectivity index (χ4n) is 6.44. The third-order valence-corrected chi connectivity index (χ3v) is 8.70. The van der Waals surface area contributed by atoms with Gasteiger partial charge in [-0.05, 0) is 61.4 Å². The number of fused-ring (bicyclic) bond motifs is 2. The van der Waals surface area contributed by atoms with Crippen LogP contribution >= 0.6 is 0 Å². The Bertz CT molecular complexity index is 1750. The van der Waals surface area contributed by atoms with Gasteiger partial charge in [0.05, 0.1) is 29.9 Å². The van der Waals surface area contributed by atoms with Crippen LogP contribution in [0.25, 0.3) is 22.3 Å². The van der Waals surface area contributed by atoms with Crippen LogP contribution in [-0.4, -0.2) is 71.1 Å². The summed E-state index contributed by atoms with van der Waals surface area (Å²) in [5.74, 6) is 3.07. The maximum absolute atomic E-state index is 11.5. The van der Waals surface area contributed by atoms with Crippen molar-refractivity contribution in [3.8, 4) is 11.4 Å². The highest BCUT2D eigenvalue weighted by Gasteiger charge is 2.48. The van der Waals surface area contributed by atoms with Crippen LogP contribution in [0.5, 0.6) is 0 Å². The van der Waals surface area contributed by atoms with Crippen molar-refractivity contribution in [3.05, 3.63) is 78.5 Å². The summed E-state index contributed by atoms with van der Waals surface area (Å²) in [4.78, 5) is 26.0. The third-order valence-electron chi connectivity index (χ3n) is 8.70. The van der Waals surface area contributed by atoms with Gasteiger partial charge in [0.2, 0.25) is 5.95 Å². The van der Waals surface area contributed by atoms with Gasteiger partial charge in [0.15, 0.2) is 5.82 Å². The number of aliphatic hydroxyl groups is 1. The summed E-state index contributed by atoms with van der Waals surface area (Å²) in [6, 6.07) is 14.0. The zero-order valence-electron chi connectivity index (χ0n) is 23.2. The second-order valence-electron chi connectivity index (χ2n) is 11.6. The summed E-state index contributed by atoms with van der Waals surface area (Å²) in [5.41, 5.74) is 3.27. The number of benzene rings is 1. The quantitative estimate of drug-likeness (QED) is 0.271. The van der Waals surface area contributed by atoms with Gasteiger partial charge in [-0.15, -0.1) is 5.10 Å². The predicted molar refractivity (Wildman–Crippen MR) is 160 cm³/mol. The monoisotopic (exact) mass is 560 g/mol. The molecule has 8 rings (SSSR count). The number of rotatable bonds is 7. The lowest BCUT2D eigenvalue weighted by molar-refractivity contribution is 0.0159. The van der Waals surface area contributed by atoms with Gasteiger partial charge in [0, 0.05) is 36.4 Å². The standard InChI is InChI=1S/C31H32N10O/c42-31-10-13-41(25(31)9-11-32-18-31)29-27-23(21-6-7-21)15-33-16-24(27)36-28(38-29)22-8-12-34-26(14-22)37-30-35-19-40(39-30)17-20-4-2-1-3-5-20/h1-5,8,12,14-16,19,21,25,32,42H,6-7,9-11,13,17-18H2,(H,34,37,39). The molecule has 5 aromatic rings. The van der Waals surface area contributed by atoms with Crippen LogP contribution in [0.3, 0.4) is 0 Å². The number of hydrogen-bond acceptors (Lipinski definition) is 10. The Kier molecular flexibility index (Phi) is 6.08. The number of aromatic nitrogens is 7. The summed E-state index contributed by atoms with van der Waals surface area (Å²) in [6.45, 7) is 2.87. The molecule has 4 aromatic heterocycles. The first-order chi connectivity index (χ1) is 20.6. The molecule has 3 aliphatic rings. The van der Waals surface area contributed by atoms with Crippen LogP contribution in [0.15, 0.2) is 67.4 Å². The molecule has 3 fully saturated rings. The van der Waals surface area contributed by atoms with E-state index in [2.05, 4.69) is 47.7 Å². The van der Waals surface area contributed by atoms with Gasteiger partial charge in [-0.2, -0.15) is 0 Å². The van der Waals surface area contributed by atoms with Gasteiger partial charge in [-0.1, -0.05) is 30.3 Å². The molecule has 6 heterocycles. The molecule has 212 valence electrons. The third kappa shape index (κ3) is 4.64. The van der Waals surface area contributed by atoms with Crippen LogP contribution in [0, 0.1) is 0 Å². The topological polar surface area (TPSA) is 130 Å². The number of anilines is 3. The van der Waals surface area contributed by atoms with Gasteiger partial charge < -0.3 is 20.6 Å². The Balaban J connectivity index is 1.14. The minimum atomic E-state index is -0.757. The normalized spacial score (nSPS) is 21.9. The molecule has 11 nitrogen and oxygen atoms in total. The average Bonchev–Trinajstić information content (AvgIpc) is 3.68. The van der Waals surface area contributed by atoms with Crippen molar-refractivity contribution in [1.82, 2.24) is 40.0 Å². The molecule has 0 radical (unpaired) electrons. The molecule has 2 aliphatic heterocycles. The zero-order valence-corrected chi connectivity index (χ0v) is 23.2. The molecule has 2 saturated heterocycles. The molecule has 1 aromatic carbocycles. The van der Waals surface area contributed by atoms with E-state index in [4.69, 9.17) is 9.97 Å². The van der Waals surface area contributed by atoms with E-state index in [1.54, 1.807) is 17.2 Å². The van der Waals surface area contributed by atoms with Gasteiger partial charge in [0.25, 0.3) is 0 Å². The van der Waals surface area contributed by atoms with Crippen molar-refractivity contribution in [3.63, 3.8) is 0 Å². The smallest absolute Gasteiger partial charge is 0.247 e. The minimum Gasteiger partial charge on any atom is -0.386 e. The SMILES string of the molecule is OC12CCN(c3nc(-c4ccnc(Nc5ncn(Cc6ccccc6)n5)c4)nc4cncc(C5CC5)c34)C1CCNC2. The van der Waals surface area contributed by atoms with E-state index in [-0.39, 0.29) is 6.04 Å². The Morgan fingerprint density at radius 1 is 1.05 bits per heavy atom. The van der Waals surface area contributed by atoms with Crippen LogP contribution in [-0.2, 0) is 6.54 Å².